The van der Waals surface area contributed by atoms with Gasteiger partial charge in [-0.05, 0) is 31.7 Å². The predicted molar refractivity (Wildman–Crippen MR) is 86.7 cm³/mol. The lowest BCUT2D eigenvalue weighted by molar-refractivity contribution is -0.140. The number of benzene rings is 1. The highest BCUT2D eigenvalue weighted by molar-refractivity contribution is 5.74. The summed E-state index contributed by atoms with van der Waals surface area (Å²) in [6.45, 7) is 3.94. The van der Waals surface area contributed by atoms with Crippen molar-refractivity contribution in [3.63, 3.8) is 0 Å². The van der Waals surface area contributed by atoms with E-state index in [-0.39, 0.29) is 12.0 Å². The van der Waals surface area contributed by atoms with Gasteiger partial charge in [-0.3, -0.25) is 4.79 Å². The van der Waals surface area contributed by atoms with Crippen molar-refractivity contribution in [2.75, 3.05) is 26.7 Å². The van der Waals surface area contributed by atoms with Crippen LogP contribution in [-0.2, 0) is 16.0 Å². The molecule has 0 spiro atoms. The standard InChI is InChI=1S/C17H26N2O3/c1-3-19(14-12-15-9-5-4-6-10-15)17(21)18-13-8-7-11-16(20)22-2/h4-6,9-10H,3,7-8,11-14H2,1-2H3,(H,18,21). The summed E-state index contributed by atoms with van der Waals surface area (Å²) in [4.78, 5) is 24.8. The van der Waals surface area contributed by atoms with E-state index in [4.69, 9.17) is 0 Å². The summed E-state index contributed by atoms with van der Waals surface area (Å²) in [5.74, 6) is -0.204. The van der Waals surface area contributed by atoms with Gasteiger partial charge in [-0.1, -0.05) is 30.3 Å². The summed E-state index contributed by atoms with van der Waals surface area (Å²) in [6, 6.07) is 10.1. The van der Waals surface area contributed by atoms with E-state index >= 15 is 0 Å². The lowest BCUT2D eigenvalue weighted by Gasteiger charge is -2.21. The molecule has 1 N–H and O–H groups in total. The number of carbonyl (C=O) groups excluding carboxylic acids is 2. The Morgan fingerprint density at radius 2 is 1.91 bits per heavy atom. The molecule has 0 bridgehead atoms. The van der Waals surface area contributed by atoms with Crippen LogP contribution in [0.1, 0.15) is 31.7 Å². The number of amides is 2. The predicted octanol–water partition coefficient (Wildman–Crippen LogP) is 2.60. The zero-order valence-electron chi connectivity index (χ0n) is 13.5. The second-order valence-corrected chi connectivity index (χ2v) is 5.08. The molecule has 5 heteroatoms. The highest BCUT2D eigenvalue weighted by Gasteiger charge is 2.10. The first-order valence-corrected chi connectivity index (χ1v) is 7.81. The minimum atomic E-state index is -0.204. The Morgan fingerprint density at radius 3 is 2.55 bits per heavy atom. The average Bonchev–Trinajstić information content (AvgIpc) is 2.55. The minimum Gasteiger partial charge on any atom is -0.469 e. The molecule has 0 atom stereocenters. The van der Waals surface area contributed by atoms with Gasteiger partial charge in [-0.15, -0.1) is 0 Å². The molecule has 0 saturated heterocycles. The van der Waals surface area contributed by atoms with Gasteiger partial charge in [0.2, 0.25) is 0 Å². The number of esters is 1. The third-order valence-corrected chi connectivity index (χ3v) is 3.49. The molecule has 5 nitrogen and oxygen atoms in total. The highest BCUT2D eigenvalue weighted by Crippen LogP contribution is 2.02. The Labute approximate surface area is 132 Å². The zero-order valence-corrected chi connectivity index (χ0v) is 13.5. The van der Waals surface area contributed by atoms with Crippen LogP contribution in [0.25, 0.3) is 0 Å². The third kappa shape index (κ3) is 7.11. The number of rotatable bonds is 9. The van der Waals surface area contributed by atoms with Crippen molar-refractivity contribution in [3.05, 3.63) is 35.9 Å². The molecule has 0 aromatic heterocycles. The topological polar surface area (TPSA) is 58.6 Å². The Kier molecular flexibility index (Phi) is 8.72. The first kappa shape index (κ1) is 18.0. The van der Waals surface area contributed by atoms with Gasteiger partial charge >= 0.3 is 12.0 Å². The summed E-state index contributed by atoms with van der Waals surface area (Å²) < 4.78 is 4.57. The molecule has 2 amide bonds. The number of hydrogen-bond acceptors (Lipinski definition) is 3. The van der Waals surface area contributed by atoms with E-state index in [0.717, 1.165) is 19.3 Å². The number of urea groups is 1. The number of methoxy groups -OCH3 is 1. The molecule has 0 radical (unpaired) electrons. The quantitative estimate of drug-likeness (QED) is 0.563. The zero-order chi connectivity index (χ0) is 16.2. The van der Waals surface area contributed by atoms with Crippen LogP contribution in [0.4, 0.5) is 4.79 Å². The van der Waals surface area contributed by atoms with Gasteiger partial charge in [0.05, 0.1) is 7.11 Å². The van der Waals surface area contributed by atoms with Crippen molar-refractivity contribution in [1.29, 1.82) is 0 Å². The van der Waals surface area contributed by atoms with Crippen LogP contribution in [0.15, 0.2) is 30.3 Å². The molecule has 0 aliphatic rings. The molecule has 22 heavy (non-hydrogen) atoms. The first-order chi connectivity index (χ1) is 10.7. The molecule has 0 heterocycles. The summed E-state index contributed by atoms with van der Waals surface area (Å²) >= 11 is 0. The summed E-state index contributed by atoms with van der Waals surface area (Å²) in [6.07, 6.45) is 2.75. The van der Waals surface area contributed by atoms with Gasteiger partial charge in [-0.2, -0.15) is 0 Å². The minimum absolute atomic E-state index is 0.0449. The molecule has 1 aromatic carbocycles. The lowest BCUT2D eigenvalue weighted by atomic mass is 10.1. The van der Waals surface area contributed by atoms with Crippen LogP contribution in [0, 0.1) is 0 Å². The number of nitrogens with zero attached hydrogens (tertiary/aromatic N) is 1. The lowest BCUT2D eigenvalue weighted by Crippen LogP contribution is -2.41. The molecule has 1 rings (SSSR count). The average molecular weight is 306 g/mol. The second-order valence-electron chi connectivity index (χ2n) is 5.08. The second kappa shape index (κ2) is 10.7. The fourth-order valence-corrected chi connectivity index (χ4v) is 2.12. The van der Waals surface area contributed by atoms with Gasteiger partial charge in [-0.25, -0.2) is 4.79 Å². The fourth-order valence-electron chi connectivity index (χ4n) is 2.12. The monoisotopic (exact) mass is 306 g/mol. The molecule has 0 saturated carbocycles. The molecular weight excluding hydrogens is 280 g/mol. The normalized spacial score (nSPS) is 10.1. The largest absolute Gasteiger partial charge is 0.469 e. The van der Waals surface area contributed by atoms with Crippen LogP contribution >= 0.6 is 0 Å². The van der Waals surface area contributed by atoms with Gasteiger partial charge in [0.15, 0.2) is 0 Å². The van der Waals surface area contributed by atoms with Crippen molar-refractivity contribution < 1.29 is 14.3 Å². The summed E-state index contributed by atoms with van der Waals surface area (Å²) in [7, 11) is 1.38. The number of likely N-dealkylation sites (N-methyl/N-ethyl adjacent to an activating group) is 1. The smallest absolute Gasteiger partial charge is 0.317 e. The Morgan fingerprint density at radius 1 is 1.18 bits per heavy atom. The molecule has 0 fully saturated rings. The maximum Gasteiger partial charge on any atom is 0.317 e. The van der Waals surface area contributed by atoms with Crippen molar-refractivity contribution in [2.24, 2.45) is 0 Å². The summed E-state index contributed by atoms with van der Waals surface area (Å²) in [5, 5.41) is 2.90. The van der Waals surface area contributed by atoms with Crippen molar-refractivity contribution >= 4 is 12.0 Å². The van der Waals surface area contributed by atoms with Crippen LogP contribution in [0.5, 0.6) is 0 Å². The molecule has 0 aliphatic heterocycles. The molecule has 0 aliphatic carbocycles. The Bertz CT molecular complexity index is 448. The van der Waals surface area contributed by atoms with Gasteiger partial charge in [0.1, 0.15) is 0 Å². The van der Waals surface area contributed by atoms with E-state index in [1.807, 2.05) is 25.1 Å². The van der Waals surface area contributed by atoms with Crippen LogP contribution in [-0.4, -0.2) is 43.6 Å². The summed E-state index contributed by atoms with van der Waals surface area (Å²) in [5.41, 5.74) is 1.23. The maximum atomic E-state index is 12.1. The fraction of sp³-hybridized carbons (Fsp3) is 0.529. The number of ether oxygens (including phenoxy) is 1. The van der Waals surface area contributed by atoms with E-state index in [9.17, 15) is 9.59 Å². The number of hydrogen-bond donors (Lipinski definition) is 1. The van der Waals surface area contributed by atoms with E-state index in [0.29, 0.717) is 26.1 Å². The number of unbranched alkanes of at least 4 members (excludes halogenated alkanes) is 1. The third-order valence-electron chi connectivity index (χ3n) is 3.49. The first-order valence-electron chi connectivity index (χ1n) is 7.81. The van der Waals surface area contributed by atoms with E-state index in [2.05, 4.69) is 22.2 Å². The van der Waals surface area contributed by atoms with E-state index in [1.54, 1.807) is 4.90 Å². The van der Waals surface area contributed by atoms with Crippen LogP contribution < -0.4 is 5.32 Å². The highest BCUT2D eigenvalue weighted by atomic mass is 16.5. The van der Waals surface area contributed by atoms with Gasteiger partial charge in [0, 0.05) is 26.1 Å². The van der Waals surface area contributed by atoms with Crippen LogP contribution in [0.2, 0.25) is 0 Å². The molecule has 1 aromatic rings. The number of carbonyl (C=O) groups is 2. The van der Waals surface area contributed by atoms with E-state index in [1.165, 1.54) is 12.7 Å². The van der Waals surface area contributed by atoms with Crippen LogP contribution in [0.3, 0.4) is 0 Å². The van der Waals surface area contributed by atoms with Gasteiger partial charge in [0.25, 0.3) is 0 Å². The van der Waals surface area contributed by atoms with Crippen molar-refractivity contribution in [2.45, 2.75) is 32.6 Å². The molecular formula is C17H26N2O3. The molecule has 0 unspecified atom stereocenters. The SMILES string of the molecule is CCN(CCc1ccccc1)C(=O)NCCCCC(=O)OC. The Balaban J connectivity index is 2.22. The number of nitrogens with one attached hydrogen (secondary N) is 1. The Hall–Kier alpha value is -2.04. The van der Waals surface area contributed by atoms with Crippen molar-refractivity contribution in [3.8, 4) is 0 Å². The van der Waals surface area contributed by atoms with E-state index < -0.39 is 0 Å². The maximum absolute atomic E-state index is 12.1. The van der Waals surface area contributed by atoms with Gasteiger partial charge < -0.3 is 15.0 Å². The van der Waals surface area contributed by atoms with Crippen molar-refractivity contribution in [1.82, 2.24) is 10.2 Å². The molecule has 122 valence electrons.